The predicted octanol–water partition coefficient (Wildman–Crippen LogP) is 9.22. The number of carbonyl (C=O) groups is 2. The number of hydrogen-bond acceptors (Lipinski definition) is 10. The molecule has 0 aromatic rings. The number of unbranched alkanes of at least 4 members (excludes halogenated alkanes) is 15. The van der Waals surface area contributed by atoms with Gasteiger partial charge in [0.15, 0.2) is 12.4 Å². The average molecular weight is 803 g/mol. The molecule has 0 bridgehead atoms. The van der Waals surface area contributed by atoms with Crippen molar-refractivity contribution < 1.29 is 49.0 Å². The van der Waals surface area contributed by atoms with E-state index in [-0.39, 0.29) is 26.1 Å². The van der Waals surface area contributed by atoms with Crippen molar-refractivity contribution in [2.75, 3.05) is 19.8 Å². The highest BCUT2D eigenvalue weighted by Gasteiger charge is 2.44. The number of aliphatic hydroxyl groups is 4. The van der Waals surface area contributed by atoms with Gasteiger partial charge in [-0.25, -0.2) is 0 Å². The Bertz CT molecular complexity index is 1160. The number of ether oxygens (including phenoxy) is 4. The minimum Gasteiger partial charge on any atom is -0.462 e. The minimum atomic E-state index is -1.60. The van der Waals surface area contributed by atoms with Gasteiger partial charge in [-0.3, -0.25) is 9.59 Å². The molecule has 0 aliphatic carbocycles. The summed E-state index contributed by atoms with van der Waals surface area (Å²) in [6.07, 6.45) is 39.0. The summed E-state index contributed by atoms with van der Waals surface area (Å²) < 4.78 is 22.1. The Hall–Kier alpha value is -2.86. The Kier molecular flexibility index (Phi) is 34.2. The van der Waals surface area contributed by atoms with Gasteiger partial charge in [0.1, 0.15) is 31.0 Å². The number of hydrogen-bond donors (Lipinski definition) is 4. The number of carbonyl (C=O) groups excluding carboxylic acids is 2. The first-order valence-electron chi connectivity index (χ1n) is 22.1. The summed E-state index contributed by atoms with van der Waals surface area (Å²) in [4.78, 5) is 25.3. The van der Waals surface area contributed by atoms with Crippen molar-refractivity contribution in [3.05, 3.63) is 72.9 Å². The zero-order valence-corrected chi connectivity index (χ0v) is 35.3. The number of rotatable bonds is 35. The zero-order valence-electron chi connectivity index (χ0n) is 35.3. The normalized spacial score (nSPS) is 21.0. The van der Waals surface area contributed by atoms with Crippen LogP contribution in [0, 0.1) is 0 Å². The SMILES string of the molecule is CC/C=C/C=C/C=C/C=C/CCCCCCCC(=O)O[C@@H](COC(=O)CCCCCCCCC/C=C/C/C=C/CCCCC)CO[C@H]1O[C@@H](CO)[C@@H](O)C(O)C1O. The van der Waals surface area contributed by atoms with E-state index in [9.17, 15) is 30.0 Å². The largest absolute Gasteiger partial charge is 0.462 e. The molecule has 0 radical (unpaired) electrons. The van der Waals surface area contributed by atoms with Gasteiger partial charge in [0.25, 0.3) is 0 Å². The molecule has 1 rings (SSSR count). The molecule has 10 heteroatoms. The molecule has 0 saturated carbocycles. The second-order valence-corrected chi connectivity index (χ2v) is 14.9. The number of esters is 2. The highest BCUT2D eigenvalue weighted by Crippen LogP contribution is 2.22. The van der Waals surface area contributed by atoms with E-state index in [0.717, 1.165) is 70.6 Å². The maximum Gasteiger partial charge on any atom is 0.306 e. The van der Waals surface area contributed by atoms with Crippen molar-refractivity contribution >= 4 is 11.9 Å². The van der Waals surface area contributed by atoms with Gasteiger partial charge in [-0.05, 0) is 64.2 Å². The Balaban J connectivity index is 2.36. The minimum absolute atomic E-state index is 0.198. The average Bonchev–Trinajstić information content (AvgIpc) is 3.21. The van der Waals surface area contributed by atoms with Crippen molar-refractivity contribution in [2.24, 2.45) is 0 Å². The molecule has 0 amide bonds. The molecule has 0 aromatic heterocycles. The fraction of sp³-hybridized carbons (Fsp3) is 0.702. The molecule has 2 unspecified atom stereocenters. The van der Waals surface area contributed by atoms with Crippen LogP contribution < -0.4 is 0 Å². The van der Waals surface area contributed by atoms with E-state index >= 15 is 0 Å². The van der Waals surface area contributed by atoms with Crippen LogP contribution in [-0.4, -0.2) is 89.0 Å². The van der Waals surface area contributed by atoms with Gasteiger partial charge < -0.3 is 39.4 Å². The molecule has 10 nitrogen and oxygen atoms in total. The van der Waals surface area contributed by atoms with E-state index in [2.05, 4.69) is 56.4 Å². The van der Waals surface area contributed by atoms with Crippen molar-refractivity contribution in [1.82, 2.24) is 0 Å². The first-order chi connectivity index (χ1) is 27.8. The molecule has 6 atom stereocenters. The molecule has 4 N–H and O–H groups in total. The smallest absolute Gasteiger partial charge is 0.306 e. The van der Waals surface area contributed by atoms with E-state index in [1.807, 2.05) is 30.4 Å². The van der Waals surface area contributed by atoms with Crippen LogP contribution in [0.1, 0.15) is 155 Å². The third-order valence-electron chi connectivity index (χ3n) is 9.67. The molecule has 1 aliphatic rings. The highest BCUT2D eigenvalue weighted by atomic mass is 16.7. The molecule has 57 heavy (non-hydrogen) atoms. The predicted molar refractivity (Wildman–Crippen MR) is 228 cm³/mol. The lowest BCUT2D eigenvalue weighted by Crippen LogP contribution is -2.59. The third kappa shape index (κ3) is 29.1. The van der Waals surface area contributed by atoms with Crippen LogP contribution in [0.3, 0.4) is 0 Å². The summed E-state index contributed by atoms with van der Waals surface area (Å²) in [7, 11) is 0. The van der Waals surface area contributed by atoms with Gasteiger partial charge in [0.05, 0.1) is 13.2 Å². The molecule has 0 aromatic carbocycles. The Morgan fingerprint density at radius 1 is 0.579 bits per heavy atom. The van der Waals surface area contributed by atoms with E-state index < -0.39 is 55.4 Å². The van der Waals surface area contributed by atoms with Crippen LogP contribution in [0.25, 0.3) is 0 Å². The van der Waals surface area contributed by atoms with Crippen molar-refractivity contribution in [1.29, 1.82) is 0 Å². The van der Waals surface area contributed by atoms with Crippen LogP contribution in [0.2, 0.25) is 0 Å². The van der Waals surface area contributed by atoms with Crippen molar-refractivity contribution in [2.45, 2.75) is 192 Å². The summed E-state index contributed by atoms with van der Waals surface area (Å²) in [5.41, 5.74) is 0. The maximum absolute atomic E-state index is 12.8. The summed E-state index contributed by atoms with van der Waals surface area (Å²) in [5.74, 6) is -0.849. The highest BCUT2D eigenvalue weighted by molar-refractivity contribution is 5.70. The van der Waals surface area contributed by atoms with E-state index in [1.54, 1.807) is 0 Å². The second kappa shape index (κ2) is 37.4. The summed E-state index contributed by atoms with van der Waals surface area (Å²) in [6.45, 7) is 3.21. The first kappa shape index (κ1) is 52.2. The Labute approximate surface area is 344 Å². The van der Waals surface area contributed by atoms with E-state index in [0.29, 0.717) is 12.8 Å². The third-order valence-corrected chi connectivity index (χ3v) is 9.67. The van der Waals surface area contributed by atoms with Crippen molar-refractivity contribution in [3.8, 4) is 0 Å². The monoisotopic (exact) mass is 803 g/mol. The van der Waals surface area contributed by atoms with Gasteiger partial charge >= 0.3 is 11.9 Å². The van der Waals surface area contributed by atoms with Crippen LogP contribution in [0.15, 0.2) is 72.9 Å². The molecular formula is C47H78O10. The standard InChI is InChI=1S/C47H78O10/c1-3-5-7-9-11-13-15-17-19-20-22-23-25-27-29-31-33-35-42(49)54-38-40(39-55-47-46(53)45(52)44(51)41(37-48)57-47)56-43(50)36-34-32-30-28-26-24-21-18-16-14-12-10-8-6-4-2/h6,8,10-14,16-19,21,40-41,44-48,51-53H,3-5,7,9,15,20,22-39H2,1-2H3/b8-6+,12-10+,13-11+,16-14+,19-17+,21-18+/t40-,41-,44+,45?,46?,47-/m0/s1. The molecule has 1 heterocycles. The molecule has 326 valence electrons. The summed E-state index contributed by atoms with van der Waals surface area (Å²) in [5, 5.41) is 40.1. The van der Waals surface area contributed by atoms with Gasteiger partial charge in [-0.2, -0.15) is 0 Å². The van der Waals surface area contributed by atoms with Gasteiger partial charge in [0.2, 0.25) is 0 Å². The van der Waals surface area contributed by atoms with Crippen LogP contribution in [0.5, 0.6) is 0 Å². The number of aliphatic hydroxyl groups excluding tert-OH is 4. The quantitative estimate of drug-likeness (QED) is 0.0211. The molecule has 0 spiro atoms. The maximum atomic E-state index is 12.8. The van der Waals surface area contributed by atoms with Crippen LogP contribution >= 0.6 is 0 Å². The van der Waals surface area contributed by atoms with Gasteiger partial charge in [-0.1, -0.05) is 151 Å². The second-order valence-electron chi connectivity index (χ2n) is 14.9. The molecule has 1 aliphatic heterocycles. The Morgan fingerprint density at radius 3 is 1.70 bits per heavy atom. The molecule has 1 saturated heterocycles. The lowest BCUT2D eigenvalue weighted by Gasteiger charge is -2.39. The molecular weight excluding hydrogens is 725 g/mol. The topological polar surface area (TPSA) is 152 Å². The van der Waals surface area contributed by atoms with Gasteiger partial charge in [-0.15, -0.1) is 0 Å². The van der Waals surface area contributed by atoms with E-state index in [4.69, 9.17) is 18.9 Å². The molecule has 1 fully saturated rings. The zero-order chi connectivity index (χ0) is 41.6. The Morgan fingerprint density at radius 2 is 1.11 bits per heavy atom. The van der Waals surface area contributed by atoms with Crippen molar-refractivity contribution in [3.63, 3.8) is 0 Å². The van der Waals surface area contributed by atoms with E-state index in [1.165, 1.54) is 44.9 Å². The van der Waals surface area contributed by atoms with Crippen LogP contribution in [0.4, 0.5) is 0 Å². The lowest BCUT2D eigenvalue weighted by molar-refractivity contribution is -0.305. The first-order valence-corrected chi connectivity index (χ1v) is 22.1. The lowest BCUT2D eigenvalue weighted by atomic mass is 9.99. The van der Waals surface area contributed by atoms with Crippen LogP contribution in [-0.2, 0) is 28.5 Å². The summed E-state index contributed by atoms with van der Waals surface area (Å²) >= 11 is 0. The van der Waals surface area contributed by atoms with Gasteiger partial charge in [0, 0.05) is 12.8 Å². The summed E-state index contributed by atoms with van der Waals surface area (Å²) in [6, 6.07) is 0. The number of allylic oxidation sites excluding steroid dienone is 12. The fourth-order valence-electron chi connectivity index (χ4n) is 6.17. The fourth-order valence-corrected chi connectivity index (χ4v) is 6.17.